The highest BCUT2D eigenvalue weighted by molar-refractivity contribution is 4.73. The normalized spacial score (nSPS) is 35.7. The van der Waals surface area contributed by atoms with Crippen molar-refractivity contribution in [3.05, 3.63) is 0 Å². The molecular weight excluding hydrogens is 222 g/mol. The Labute approximate surface area is 114 Å². The molecule has 0 amide bonds. The summed E-state index contributed by atoms with van der Waals surface area (Å²) < 4.78 is 0. The molecule has 2 nitrogen and oxygen atoms in total. The van der Waals surface area contributed by atoms with Gasteiger partial charge in [0.2, 0.25) is 0 Å². The zero-order valence-electron chi connectivity index (χ0n) is 13.0. The Balaban J connectivity index is 0.000000283. The second-order valence-electron chi connectivity index (χ2n) is 5.75. The highest BCUT2D eigenvalue weighted by Gasteiger charge is 2.17. The van der Waals surface area contributed by atoms with Gasteiger partial charge in [0.15, 0.2) is 0 Å². The molecule has 0 heterocycles. The number of nitrogens with two attached hydrogens (primary N) is 1. The molecule has 2 rings (SSSR count). The topological polar surface area (TPSA) is 46.2 Å². The summed E-state index contributed by atoms with van der Waals surface area (Å²) >= 11 is 0. The van der Waals surface area contributed by atoms with E-state index in [0.717, 1.165) is 12.3 Å². The van der Waals surface area contributed by atoms with Crippen molar-refractivity contribution in [2.45, 2.75) is 91.2 Å². The monoisotopic (exact) mass is 257 g/mol. The van der Waals surface area contributed by atoms with Gasteiger partial charge in [-0.05, 0) is 37.5 Å². The molecule has 4 atom stereocenters. The molecule has 2 saturated carbocycles. The van der Waals surface area contributed by atoms with Crippen LogP contribution in [0.3, 0.4) is 0 Å². The van der Waals surface area contributed by atoms with E-state index in [4.69, 9.17) is 5.73 Å². The molecule has 0 aromatic heterocycles. The van der Waals surface area contributed by atoms with Gasteiger partial charge in [-0.1, -0.05) is 53.4 Å². The third-order valence-corrected chi connectivity index (χ3v) is 4.24. The smallest absolute Gasteiger partial charge is 0.0565 e. The highest BCUT2D eigenvalue weighted by atomic mass is 16.3. The molecule has 3 N–H and O–H groups in total. The maximum atomic E-state index is 9.18. The fraction of sp³-hybridized carbons (Fsp3) is 1.00. The van der Waals surface area contributed by atoms with Crippen LogP contribution in [0.1, 0.15) is 79.1 Å². The fourth-order valence-corrected chi connectivity index (χ4v) is 2.64. The Morgan fingerprint density at radius 2 is 1.22 bits per heavy atom. The first-order valence-corrected chi connectivity index (χ1v) is 8.05. The van der Waals surface area contributed by atoms with Crippen LogP contribution >= 0.6 is 0 Å². The molecule has 0 saturated heterocycles. The van der Waals surface area contributed by atoms with Crippen molar-refractivity contribution < 1.29 is 5.11 Å². The Hall–Kier alpha value is -0.0800. The van der Waals surface area contributed by atoms with E-state index in [1.807, 2.05) is 13.8 Å². The van der Waals surface area contributed by atoms with Crippen LogP contribution in [0.4, 0.5) is 0 Å². The molecule has 18 heavy (non-hydrogen) atoms. The number of hydrogen-bond donors (Lipinski definition) is 2. The number of hydrogen-bond acceptors (Lipinski definition) is 2. The van der Waals surface area contributed by atoms with E-state index in [2.05, 4.69) is 13.8 Å². The van der Waals surface area contributed by atoms with Crippen molar-refractivity contribution in [2.75, 3.05) is 0 Å². The van der Waals surface area contributed by atoms with Gasteiger partial charge in [0.1, 0.15) is 0 Å². The van der Waals surface area contributed by atoms with Crippen LogP contribution < -0.4 is 5.73 Å². The van der Waals surface area contributed by atoms with Crippen LogP contribution in [0.15, 0.2) is 0 Å². The molecule has 2 aliphatic rings. The van der Waals surface area contributed by atoms with Crippen LogP contribution in [0.5, 0.6) is 0 Å². The van der Waals surface area contributed by atoms with Gasteiger partial charge in [0.25, 0.3) is 0 Å². The minimum atomic E-state index is 0.00347. The van der Waals surface area contributed by atoms with Gasteiger partial charge in [-0.15, -0.1) is 0 Å². The summed E-state index contributed by atoms with van der Waals surface area (Å²) in [7, 11) is 0. The summed E-state index contributed by atoms with van der Waals surface area (Å²) in [6.45, 7) is 8.38. The van der Waals surface area contributed by atoms with Crippen molar-refractivity contribution in [2.24, 2.45) is 17.6 Å². The predicted molar refractivity (Wildman–Crippen MR) is 80.6 cm³/mol. The second kappa shape index (κ2) is 10.8. The maximum absolute atomic E-state index is 9.18. The quantitative estimate of drug-likeness (QED) is 0.686. The first-order valence-electron chi connectivity index (χ1n) is 8.05. The molecular formula is C16H35NO. The van der Waals surface area contributed by atoms with E-state index in [-0.39, 0.29) is 6.10 Å². The lowest BCUT2D eigenvalue weighted by Gasteiger charge is -2.24. The number of rotatable bonds is 0. The van der Waals surface area contributed by atoms with Gasteiger partial charge in [-0.3, -0.25) is 0 Å². The molecule has 0 aromatic carbocycles. The molecule has 2 fully saturated rings. The summed E-state index contributed by atoms with van der Waals surface area (Å²) in [6.07, 6.45) is 10.2. The van der Waals surface area contributed by atoms with Crippen molar-refractivity contribution in [1.29, 1.82) is 0 Å². The first kappa shape index (κ1) is 17.9. The highest BCUT2D eigenvalue weighted by Crippen LogP contribution is 2.23. The largest absolute Gasteiger partial charge is 0.393 e. The van der Waals surface area contributed by atoms with E-state index in [1.54, 1.807) is 0 Å². The Morgan fingerprint density at radius 3 is 1.50 bits per heavy atom. The van der Waals surface area contributed by atoms with Gasteiger partial charge in [0.05, 0.1) is 6.10 Å². The van der Waals surface area contributed by atoms with Crippen LogP contribution in [0.2, 0.25) is 0 Å². The first-order chi connectivity index (χ1) is 8.61. The Kier molecular flexibility index (Phi) is 10.8. The summed E-state index contributed by atoms with van der Waals surface area (Å²) in [4.78, 5) is 0. The zero-order chi connectivity index (χ0) is 14.0. The van der Waals surface area contributed by atoms with Crippen LogP contribution in [0.25, 0.3) is 0 Å². The van der Waals surface area contributed by atoms with Crippen molar-refractivity contribution in [3.63, 3.8) is 0 Å². The number of aliphatic hydroxyl groups excluding tert-OH is 1. The predicted octanol–water partition coefficient (Wildman–Crippen LogP) is 4.11. The van der Waals surface area contributed by atoms with Crippen molar-refractivity contribution in [1.82, 2.24) is 0 Å². The van der Waals surface area contributed by atoms with E-state index in [0.29, 0.717) is 12.0 Å². The molecule has 110 valence electrons. The SMILES string of the molecule is CC.CC1CCCCC1N.C[C@@H]1CCCC[C@H]1O. The molecule has 0 spiro atoms. The molecule has 0 radical (unpaired) electrons. The van der Waals surface area contributed by atoms with Gasteiger partial charge >= 0.3 is 0 Å². The minimum absolute atomic E-state index is 0.00347. The average molecular weight is 257 g/mol. The molecule has 0 aliphatic heterocycles. The van der Waals surface area contributed by atoms with Crippen LogP contribution in [-0.4, -0.2) is 17.3 Å². The number of aliphatic hydroxyl groups is 1. The maximum Gasteiger partial charge on any atom is 0.0565 e. The Morgan fingerprint density at radius 1 is 0.778 bits per heavy atom. The standard InChI is InChI=1S/C7H15N.C7H14O.C2H6/c2*1-6-4-2-3-5-7(6)8;1-2/h6-7H,2-5,8H2,1H3;6-8H,2-5H2,1H3;1-2H3/t;6-,7-;/m.1./s1. The minimum Gasteiger partial charge on any atom is -0.393 e. The summed E-state index contributed by atoms with van der Waals surface area (Å²) in [5.41, 5.74) is 5.78. The van der Waals surface area contributed by atoms with Crippen LogP contribution in [0, 0.1) is 11.8 Å². The lowest BCUT2D eigenvalue weighted by atomic mass is 9.87. The van der Waals surface area contributed by atoms with E-state index < -0.39 is 0 Å². The van der Waals surface area contributed by atoms with E-state index >= 15 is 0 Å². The summed E-state index contributed by atoms with van der Waals surface area (Å²) in [6, 6.07) is 0.503. The summed E-state index contributed by atoms with van der Waals surface area (Å²) in [5, 5.41) is 9.18. The lowest BCUT2D eigenvalue weighted by Crippen LogP contribution is -2.30. The lowest BCUT2D eigenvalue weighted by molar-refractivity contribution is 0.0793. The van der Waals surface area contributed by atoms with Crippen molar-refractivity contribution >= 4 is 0 Å². The molecule has 2 aliphatic carbocycles. The third kappa shape index (κ3) is 7.38. The third-order valence-electron chi connectivity index (χ3n) is 4.24. The zero-order valence-corrected chi connectivity index (χ0v) is 13.0. The van der Waals surface area contributed by atoms with Crippen molar-refractivity contribution in [3.8, 4) is 0 Å². The van der Waals surface area contributed by atoms with Gasteiger partial charge < -0.3 is 10.8 Å². The van der Waals surface area contributed by atoms with E-state index in [1.165, 1.54) is 44.9 Å². The summed E-state index contributed by atoms with van der Waals surface area (Å²) in [5.74, 6) is 1.34. The second-order valence-corrected chi connectivity index (χ2v) is 5.75. The van der Waals surface area contributed by atoms with Gasteiger partial charge in [-0.25, -0.2) is 0 Å². The van der Waals surface area contributed by atoms with Gasteiger partial charge in [-0.2, -0.15) is 0 Å². The molecule has 2 unspecified atom stereocenters. The molecule has 0 bridgehead atoms. The van der Waals surface area contributed by atoms with Gasteiger partial charge in [0, 0.05) is 6.04 Å². The fourth-order valence-electron chi connectivity index (χ4n) is 2.64. The average Bonchev–Trinajstić information content (AvgIpc) is 2.40. The Bertz CT molecular complexity index is 144. The molecule has 0 aromatic rings. The molecule has 2 heteroatoms. The van der Waals surface area contributed by atoms with Crippen LogP contribution in [-0.2, 0) is 0 Å². The van der Waals surface area contributed by atoms with E-state index in [9.17, 15) is 5.11 Å².